The summed E-state index contributed by atoms with van der Waals surface area (Å²) in [5.41, 5.74) is 14.3. The van der Waals surface area contributed by atoms with Crippen molar-refractivity contribution in [3.8, 4) is 33.6 Å². The maximum absolute atomic E-state index is 9.17. The van der Waals surface area contributed by atoms with Crippen LogP contribution >= 0.6 is 0 Å². The molecule has 0 spiro atoms. The molecule has 0 saturated heterocycles. The molecular weight excluding hydrogens is 482 g/mol. The standard InChI is InChI=1S/C32H27N7/c1-35-32(29-19-28(37-38-29)23-10-6-3-7-11-23)39-17-16-27-26(31(39)34)18-25(22-8-4-2-5-9-22)30(36-27)24-14-12-21(20-33)13-15-24/h2-19,34H,20,33H2,1H3,(H,37,38). The van der Waals surface area contributed by atoms with Crippen molar-refractivity contribution in [2.75, 3.05) is 7.05 Å². The monoisotopic (exact) mass is 509 g/mol. The van der Waals surface area contributed by atoms with Crippen molar-refractivity contribution in [1.82, 2.24) is 19.7 Å². The summed E-state index contributed by atoms with van der Waals surface area (Å²) in [7, 11) is 1.72. The maximum atomic E-state index is 9.17. The van der Waals surface area contributed by atoms with E-state index in [0.717, 1.165) is 55.8 Å². The smallest absolute Gasteiger partial charge is 0.158 e. The summed E-state index contributed by atoms with van der Waals surface area (Å²) in [4.78, 5) is 9.58. The number of pyridine rings is 2. The Hall–Kier alpha value is -5.14. The second-order valence-electron chi connectivity index (χ2n) is 9.20. The van der Waals surface area contributed by atoms with Crippen LogP contribution < -0.4 is 11.2 Å². The van der Waals surface area contributed by atoms with E-state index in [0.29, 0.717) is 17.9 Å². The SMILES string of the molecule is CN=C(c1cc(-c2ccccc2)n[nH]1)n1ccc2nc(-c3ccc(CN)cc3)c(-c3ccccc3)cc2c1=N. The quantitative estimate of drug-likeness (QED) is 0.207. The molecule has 0 amide bonds. The molecule has 0 aliphatic carbocycles. The lowest BCUT2D eigenvalue weighted by Gasteiger charge is -2.14. The molecule has 0 unspecified atom stereocenters. The minimum absolute atomic E-state index is 0.290. The zero-order chi connectivity index (χ0) is 26.8. The average Bonchev–Trinajstić information content (AvgIpc) is 3.49. The highest BCUT2D eigenvalue weighted by atomic mass is 15.2. The number of aliphatic imine (C=N–C) groups is 1. The Balaban J connectivity index is 1.50. The molecule has 0 radical (unpaired) electrons. The third-order valence-electron chi connectivity index (χ3n) is 6.81. The lowest BCUT2D eigenvalue weighted by Crippen LogP contribution is -2.28. The van der Waals surface area contributed by atoms with Gasteiger partial charge in [-0.3, -0.25) is 20.1 Å². The first-order valence-electron chi connectivity index (χ1n) is 12.7. The van der Waals surface area contributed by atoms with E-state index in [2.05, 4.69) is 45.5 Å². The van der Waals surface area contributed by atoms with Crippen LogP contribution in [-0.4, -0.2) is 32.6 Å². The lowest BCUT2D eigenvalue weighted by atomic mass is 9.97. The Kier molecular flexibility index (Phi) is 6.40. The van der Waals surface area contributed by atoms with Gasteiger partial charge in [-0.05, 0) is 29.3 Å². The van der Waals surface area contributed by atoms with Gasteiger partial charge in [-0.15, -0.1) is 0 Å². The van der Waals surface area contributed by atoms with Crippen LogP contribution in [0, 0.1) is 5.41 Å². The zero-order valence-corrected chi connectivity index (χ0v) is 21.5. The van der Waals surface area contributed by atoms with Gasteiger partial charge in [0.15, 0.2) is 5.84 Å². The molecule has 0 saturated carbocycles. The van der Waals surface area contributed by atoms with E-state index >= 15 is 0 Å². The number of fused-ring (bicyclic) bond motifs is 1. The fourth-order valence-electron chi connectivity index (χ4n) is 4.78. The number of nitrogens with zero attached hydrogens (tertiary/aromatic N) is 4. The molecule has 190 valence electrons. The van der Waals surface area contributed by atoms with Crippen LogP contribution in [0.5, 0.6) is 0 Å². The number of aromatic amines is 1. The van der Waals surface area contributed by atoms with Crippen LogP contribution in [-0.2, 0) is 6.54 Å². The Morgan fingerprint density at radius 1 is 0.872 bits per heavy atom. The number of hydrogen-bond acceptors (Lipinski definition) is 5. The van der Waals surface area contributed by atoms with Gasteiger partial charge in [-0.1, -0.05) is 84.9 Å². The molecule has 6 aromatic rings. The molecule has 6 rings (SSSR count). The summed E-state index contributed by atoms with van der Waals surface area (Å²) >= 11 is 0. The highest BCUT2D eigenvalue weighted by Gasteiger charge is 2.16. The highest BCUT2D eigenvalue weighted by molar-refractivity contribution is 6.01. The van der Waals surface area contributed by atoms with Crippen LogP contribution in [0.3, 0.4) is 0 Å². The van der Waals surface area contributed by atoms with Crippen LogP contribution in [0.4, 0.5) is 0 Å². The predicted octanol–water partition coefficient (Wildman–Crippen LogP) is 5.62. The molecule has 0 bridgehead atoms. The number of nitrogens with two attached hydrogens (primary N) is 1. The van der Waals surface area contributed by atoms with Gasteiger partial charge in [0.1, 0.15) is 11.2 Å². The molecule has 3 heterocycles. The summed E-state index contributed by atoms with van der Waals surface area (Å²) in [5.74, 6) is 0.597. The summed E-state index contributed by atoms with van der Waals surface area (Å²) < 4.78 is 1.76. The van der Waals surface area contributed by atoms with Gasteiger partial charge in [0.05, 0.1) is 16.9 Å². The Labute approximate surface area is 225 Å². The number of aromatic nitrogens is 4. The van der Waals surface area contributed by atoms with Crippen molar-refractivity contribution >= 4 is 16.7 Å². The molecule has 0 aliphatic heterocycles. The molecule has 3 aromatic carbocycles. The Bertz CT molecular complexity index is 1850. The van der Waals surface area contributed by atoms with Gasteiger partial charge in [-0.25, -0.2) is 4.98 Å². The molecule has 3 aromatic heterocycles. The molecule has 39 heavy (non-hydrogen) atoms. The molecule has 0 aliphatic rings. The zero-order valence-electron chi connectivity index (χ0n) is 21.5. The van der Waals surface area contributed by atoms with Gasteiger partial charge in [-0.2, -0.15) is 5.10 Å². The van der Waals surface area contributed by atoms with Crippen LogP contribution in [0.15, 0.2) is 114 Å². The van der Waals surface area contributed by atoms with Crippen LogP contribution in [0.2, 0.25) is 0 Å². The van der Waals surface area contributed by atoms with E-state index in [1.807, 2.05) is 79.0 Å². The predicted molar refractivity (Wildman–Crippen MR) is 156 cm³/mol. The molecule has 0 atom stereocenters. The van der Waals surface area contributed by atoms with Crippen molar-refractivity contribution in [2.45, 2.75) is 6.54 Å². The van der Waals surface area contributed by atoms with Crippen molar-refractivity contribution < 1.29 is 0 Å². The maximum Gasteiger partial charge on any atom is 0.158 e. The van der Waals surface area contributed by atoms with E-state index in [4.69, 9.17) is 10.7 Å². The van der Waals surface area contributed by atoms with E-state index in [-0.39, 0.29) is 0 Å². The lowest BCUT2D eigenvalue weighted by molar-refractivity contribution is 0.970. The summed E-state index contributed by atoms with van der Waals surface area (Å²) in [6.45, 7) is 0.490. The summed E-state index contributed by atoms with van der Waals surface area (Å²) in [6, 6.07) is 34.2. The first-order valence-corrected chi connectivity index (χ1v) is 12.7. The molecular formula is C32H27N7. The molecule has 0 fully saturated rings. The first kappa shape index (κ1) is 24.2. The minimum atomic E-state index is 0.290. The Morgan fingerprint density at radius 3 is 2.23 bits per heavy atom. The number of nitrogens with one attached hydrogen (secondary N) is 2. The van der Waals surface area contributed by atoms with Gasteiger partial charge in [0.25, 0.3) is 0 Å². The Morgan fingerprint density at radius 2 is 1.56 bits per heavy atom. The number of H-pyrrole nitrogens is 1. The summed E-state index contributed by atoms with van der Waals surface area (Å²) in [6.07, 6.45) is 1.84. The van der Waals surface area contributed by atoms with E-state index in [1.54, 1.807) is 11.6 Å². The van der Waals surface area contributed by atoms with Gasteiger partial charge >= 0.3 is 0 Å². The van der Waals surface area contributed by atoms with E-state index < -0.39 is 0 Å². The third-order valence-corrected chi connectivity index (χ3v) is 6.81. The van der Waals surface area contributed by atoms with Crippen LogP contribution in [0.1, 0.15) is 11.3 Å². The van der Waals surface area contributed by atoms with E-state index in [1.165, 1.54) is 0 Å². The number of benzene rings is 3. The normalized spacial score (nSPS) is 11.7. The third kappa shape index (κ3) is 4.56. The average molecular weight is 510 g/mol. The first-order chi connectivity index (χ1) is 19.2. The molecule has 4 N–H and O–H groups in total. The van der Waals surface area contributed by atoms with Crippen molar-refractivity contribution in [2.24, 2.45) is 10.7 Å². The largest absolute Gasteiger partial charge is 0.326 e. The number of rotatable bonds is 5. The van der Waals surface area contributed by atoms with E-state index in [9.17, 15) is 5.41 Å². The topological polar surface area (TPSA) is 109 Å². The second-order valence-corrected chi connectivity index (χ2v) is 9.20. The summed E-state index contributed by atoms with van der Waals surface area (Å²) in [5, 5.41) is 17.5. The number of hydrogen-bond donors (Lipinski definition) is 3. The van der Waals surface area contributed by atoms with Gasteiger partial charge in [0.2, 0.25) is 0 Å². The van der Waals surface area contributed by atoms with Crippen molar-refractivity contribution in [3.63, 3.8) is 0 Å². The van der Waals surface area contributed by atoms with Crippen molar-refractivity contribution in [3.05, 3.63) is 126 Å². The van der Waals surface area contributed by atoms with Gasteiger partial charge < -0.3 is 5.73 Å². The van der Waals surface area contributed by atoms with Gasteiger partial charge in [0, 0.05) is 41.9 Å². The fraction of sp³-hybridized carbons (Fsp3) is 0.0625. The highest BCUT2D eigenvalue weighted by Crippen LogP contribution is 2.33. The fourth-order valence-corrected chi connectivity index (χ4v) is 4.78. The molecule has 7 heteroatoms. The minimum Gasteiger partial charge on any atom is -0.326 e. The van der Waals surface area contributed by atoms with Crippen molar-refractivity contribution in [1.29, 1.82) is 5.41 Å². The second kappa shape index (κ2) is 10.3. The van der Waals surface area contributed by atoms with Crippen LogP contribution in [0.25, 0.3) is 44.5 Å². The molecule has 7 nitrogen and oxygen atoms in total.